The molecule has 0 saturated carbocycles. The molecule has 0 bridgehead atoms. The summed E-state index contributed by atoms with van der Waals surface area (Å²) in [5.74, 6) is 0.827. The summed E-state index contributed by atoms with van der Waals surface area (Å²) in [6.45, 7) is 4.04. The van der Waals surface area contributed by atoms with E-state index >= 15 is 0 Å². The van der Waals surface area contributed by atoms with E-state index < -0.39 is 0 Å². The molecule has 1 amide bonds. The van der Waals surface area contributed by atoms with Gasteiger partial charge in [0.05, 0.1) is 5.69 Å². The summed E-state index contributed by atoms with van der Waals surface area (Å²) in [6, 6.07) is 6.22. The van der Waals surface area contributed by atoms with Crippen LogP contribution in [0.15, 0.2) is 18.2 Å². The maximum atomic E-state index is 12.2. The fourth-order valence-electron chi connectivity index (χ4n) is 1.97. The maximum absolute atomic E-state index is 12.2. The molecule has 0 aliphatic rings. The number of hydrogen-bond donors (Lipinski definition) is 2. The average molecular weight is 294 g/mol. The van der Waals surface area contributed by atoms with Crippen molar-refractivity contribution in [1.29, 1.82) is 0 Å². The number of carbonyl (C=O) groups is 1. The van der Waals surface area contributed by atoms with E-state index in [2.05, 4.69) is 11.4 Å². The molecule has 1 aromatic carbocycles. The summed E-state index contributed by atoms with van der Waals surface area (Å²) in [4.78, 5) is 12.8. The van der Waals surface area contributed by atoms with Crippen molar-refractivity contribution in [3.8, 4) is 0 Å². The van der Waals surface area contributed by atoms with Gasteiger partial charge >= 0.3 is 0 Å². The van der Waals surface area contributed by atoms with Crippen LogP contribution in [0.4, 0.5) is 5.69 Å². The van der Waals surface area contributed by atoms with Gasteiger partial charge in [0.15, 0.2) is 0 Å². The van der Waals surface area contributed by atoms with E-state index in [1.165, 1.54) is 16.9 Å². The zero-order valence-electron chi connectivity index (χ0n) is 11.3. The summed E-state index contributed by atoms with van der Waals surface area (Å²) in [7, 11) is 0. The van der Waals surface area contributed by atoms with E-state index in [9.17, 15) is 4.79 Å². The van der Waals surface area contributed by atoms with Crippen molar-refractivity contribution in [3.63, 3.8) is 0 Å². The number of nitrogen functional groups attached to an aromatic ring is 1. The molecule has 19 heavy (non-hydrogen) atoms. The Bertz CT molecular complexity index is 607. The number of hydrogen-bond acceptors (Lipinski definition) is 4. The number of thioether (sulfide) groups is 1. The van der Waals surface area contributed by atoms with Crippen LogP contribution >= 0.6 is 23.1 Å². The van der Waals surface area contributed by atoms with Crippen molar-refractivity contribution < 1.29 is 4.79 Å². The zero-order valence-corrected chi connectivity index (χ0v) is 13.0. The van der Waals surface area contributed by atoms with Crippen LogP contribution in [-0.4, -0.2) is 24.0 Å². The van der Waals surface area contributed by atoms with Crippen LogP contribution in [0.1, 0.15) is 22.2 Å². The number of anilines is 1. The number of benzene rings is 1. The highest BCUT2D eigenvalue weighted by atomic mass is 32.2. The van der Waals surface area contributed by atoms with Crippen LogP contribution in [-0.2, 0) is 0 Å². The van der Waals surface area contributed by atoms with Crippen LogP contribution in [0.2, 0.25) is 0 Å². The summed E-state index contributed by atoms with van der Waals surface area (Å²) >= 11 is 3.18. The predicted molar refractivity (Wildman–Crippen MR) is 86.3 cm³/mol. The lowest BCUT2D eigenvalue weighted by molar-refractivity contribution is 0.0948. The van der Waals surface area contributed by atoms with E-state index in [1.54, 1.807) is 11.8 Å². The molecule has 1 aromatic heterocycles. The third kappa shape index (κ3) is 3.04. The van der Waals surface area contributed by atoms with Gasteiger partial charge in [-0.3, -0.25) is 4.79 Å². The number of thiophene rings is 1. The molecule has 1 unspecified atom stereocenters. The van der Waals surface area contributed by atoms with Gasteiger partial charge < -0.3 is 11.1 Å². The summed E-state index contributed by atoms with van der Waals surface area (Å²) in [6.07, 6.45) is 2.03. The van der Waals surface area contributed by atoms with E-state index in [-0.39, 0.29) is 11.9 Å². The van der Waals surface area contributed by atoms with E-state index in [0.29, 0.717) is 10.6 Å². The fourth-order valence-corrected chi connectivity index (χ4v) is 3.68. The lowest BCUT2D eigenvalue weighted by Crippen LogP contribution is -2.34. The molecule has 1 atom stereocenters. The molecule has 3 N–H and O–H groups in total. The molecule has 5 heteroatoms. The first-order valence-electron chi connectivity index (χ1n) is 6.11. The predicted octanol–water partition coefficient (Wildman–Crippen LogP) is 3.27. The number of aryl methyl sites for hydroxylation is 1. The first kappa shape index (κ1) is 14.2. The molecule has 2 rings (SSSR count). The highest BCUT2D eigenvalue weighted by molar-refractivity contribution is 7.98. The Morgan fingerprint density at radius 3 is 2.95 bits per heavy atom. The lowest BCUT2D eigenvalue weighted by Gasteiger charge is -2.11. The monoisotopic (exact) mass is 294 g/mol. The SMILES string of the molecule is CSCC(C)NC(=O)c1sc2cc(C)ccc2c1N. The van der Waals surface area contributed by atoms with Crippen molar-refractivity contribution in [1.82, 2.24) is 5.32 Å². The van der Waals surface area contributed by atoms with E-state index in [1.807, 2.05) is 32.2 Å². The maximum Gasteiger partial charge on any atom is 0.263 e. The zero-order chi connectivity index (χ0) is 14.0. The largest absolute Gasteiger partial charge is 0.397 e. The Balaban J connectivity index is 2.29. The van der Waals surface area contributed by atoms with Crippen molar-refractivity contribution in [3.05, 3.63) is 28.6 Å². The number of nitrogens with one attached hydrogen (secondary N) is 1. The van der Waals surface area contributed by atoms with Gasteiger partial charge in [-0.2, -0.15) is 11.8 Å². The topological polar surface area (TPSA) is 55.1 Å². The molecule has 102 valence electrons. The molecule has 0 spiro atoms. The first-order chi connectivity index (χ1) is 9.02. The Hall–Kier alpha value is -1.20. The Kier molecular flexibility index (Phi) is 4.37. The third-order valence-electron chi connectivity index (χ3n) is 2.88. The number of rotatable bonds is 4. The van der Waals surface area contributed by atoms with Crippen LogP contribution in [0.5, 0.6) is 0 Å². The molecule has 2 aromatic rings. The second-order valence-electron chi connectivity index (χ2n) is 4.67. The molecule has 0 fully saturated rings. The van der Waals surface area contributed by atoms with Crippen LogP contribution < -0.4 is 11.1 Å². The van der Waals surface area contributed by atoms with E-state index in [0.717, 1.165) is 15.8 Å². The van der Waals surface area contributed by atoms with Gasteiger partial charge in [-0.15, -0.1) is 11.3 Å². The molecule has 0 aliphatic heterocycles. The van der Waals surface area contributed by atoms with E-state index in [4.69, 9.17) is 5.73 Å². The van der Waals surface area contributed by atoms with Crippen molar-refractivity contribution >= 4 is 44.8 Å². The highest BCUT2D eigenvalue weighted by Gasteiger charge is 2.17. The number of carbonyl (C=O) groups excluding carboxylic acids is 1. The lowest BCUT2D eigenvalue weighted by atomic mass is 10.1. The van der Waals surface area contributed by atoms with Gasteiger partial charge in [-0.05, 0) is 31.7 Å². The normalized spacial score (nSPS) is 12.6. The summed E-state index contributed by atoms with van der Waals surface area (Å²) in [5, 5.41) is 3.95. The Morgan fingerprint density at radius 2 is 2.26 bits per heavy atom. The van der Waals surface area contributed by atoms with Gasteiger partial charge in [-0.25, -0.2) is 0 Å². The van der Waals surface area contributed by atoms with Gasteiger partial charge in [0.1, 0.15) is 4.88 Å². The van der Waals surface area contributed by atoms with Gasteiger partial charge in [0.25, 0.3) is 5.91 Å². The molecule has 0 aliphatic carbocycles. The van der Waals surface area contributed by atoms with Crippen molar-refractivity contribution in [2.75, 3.05) is 17.7 Å². The quantitative estimate of drug-likeness (QED) is 0.910. The van der Waals surface area contributed by atoms with Gasteiger partial charge in [0.2, 0.25) is 0 Å². The minimum atomic E-state index is -0.0714. The molecular formula is C14H18N2OS2. The number of fused-ring (bicyclic) bond motifs is 1. The van der Waals surface area contributed by atoms with Gasteiger partial charge in [0, 0.05) is 21.9 Å². The van der Waals surface area contributed by atoms with Crippen molar-refractivity contribution in [2.24, 2.45) is 0 Å². The number of amides is 1. The standard InChI is InChI=1S/C14H18N2OS2/c1-8-4-5-10-11(6-8)19-13(12(10)15)14(17)16-9(2)7-18-3/h4-6,9H,7,15H2,1-3H3,(H,16,17). The second-order valence-corrected chi connectivity index (χ2v) is 6.64. The minimum Gasteiger partial charge on any atom is -0.397 e. The minimum absolute atomic E-state index is 0.0714. The van der Waals surface area contributed by atoms with Crippen LogP contribution in [0.25, 0.3) is 10.1 Å². The number of nitrogens with two attached hydrogens (primary N) is 1. The second kappa shape index (κ2) is 5.84. The first-order valence-corrected chi connectivity index (χ1v) is 8.32. The summed E-state index contributed by atoms with van der Waals surface area (Å²) in [5.41, 5.74) is 7.85. The fraction of sp³-hybridized carbons (Fsp3) is 0.357. The van der Waals surface area contributed by atoms with Crippen LogP contribution in [0.3, 0.4) is 0 Å². The molecule has 3 nitrogen and oxygen atoms in total. The molecule has 0 radical (unpaired) electrons. The molecule has 1 heterocycles. The smallest absolute Gasteiger partial charge is 0.263 e. The Labute approximate surface area is 121 Å². The highest BCUT2D eigenvalue weighted by Crippen LogP contribution is 2.34. The summed E-state index contributed by atoms with van der Waals surface area (Å²) < 4.78 is 1.07. The van der Waals surface area contributed by atoms with Crippen LogP contribution in [0, 0.1) is 6.92 Å². The third-order valence-corrected chi connectivity index (χ3v) is 4.88. The van der Waals surface area contributed by atoms with Gasteiger partial charge in [-0.1, -0.05) is 12.1 Å². The molecule has 0 saturated heterocycles. The van der Waals surface area contributed by atoms with Crippen molar-refractivity contribution in [2.45, 2.75) is 19.9 Å². The molecular weight excluding hydrogens is 276 g/mol. The average Bonchev–Trinajstić information content (AvgIpc) is 2.66. The Morgan fingerprint density at radius 1 is 1.53 bits per heavy atom.